The van der Waals surface area contributed by atoms with Gasteiger partial charge in [-0.05, 0) is 43.0 Å². The van der Waals surface area contributed by atoms with E-state index in [1.807, 2.05) is 43.3 Å². The molecule has 2 aromatic carbocycles. The normalized spacial score (nSPS) is 15.1. The van der Waals surface area contributed by atoms with Crippen molar-refractivity contribution >= 4 is 24.2 Å². The van der Waals surface area contributed by atoms with Crippen molar-refractivity contribution in [1.82, 2.24) is 10.6 Å². The van der Waals surface area contributed by atoms with Crippen LogP contribution in [0.5, 0.6) is 0 Å². The van der Waals surface area contributed by atoms with Crippen LogP contribution in [0.4, 0.5) is 0 Å². The number of hydrogen-bond donors (Lipinski definition) is 3. The molecule has 0 aliphatic carbocycles. The van der Waals surface area contributed by atoms with Gasteiger partial charge in [0.2, 0.25) is 5.91 Å². The molecule has 0 radical (unpaired) electrons. The zero-order chi connectivity index (χ0) is 20.0. The van der Waals surface area contributed by atoms with Gasteiger partial charge in [0, 0.05) is 31.9 Å². The van der Waals surface area contributed by atoms with Crippen LogP contribution < -0.4 is 16.4 Å². The SMILES string of the molecule is Cc1ccc(CNC(=O)c2cccc(CNC(=O)C3(N)CCOCC3)c2)cc1.Cl. The maximum atomic E-state index is 12.4. The van der Waals surface area contributed by atoms with Crippen molar-refractivity contribution in [1.29, 1.82) is 0 Å². The van der Waals surface area contributed by atoms with E-state index in [2.05, 4.69) is 10.6 Å². The van der Waals surface area contributed by atoms with E-state index in [-0.39, 0.29) is 24.2 Å². The van der Waals surface area contributed by atoms with Gasteiger partial charge in [0.25, 0.3) is 5.91 Å². The van der Waals surface area contributed by atoms with Crippen LogP contribution in [0.1, 0.15) is 39.9 Å². The Kier molecular flexibility index (Phi) is 8.20. The molecule has 0 spiro atoms. The number of nitrogens with one attached hydrogen (secondary N) is 2. The average Bonchev–Trinajstić information content (AvgIpc) is 2.72. The van der Waals surface area contributed by atoms with Crippen LogP contribution in [0.3, 0.4) is 0 Å². The summed E-state index contributed by atoms with van der Waals surface area (Å²) in [6.45, 7) is 3.83. The third kappa shape index (κ3) is 6.29. The van der Waals surface area contributed by atoms with Gasteiger partial charge in [0.05, 0.1) is 5.54 Å². The molecule has 0 aromatic heterocycles. The molecule has 0 bridgehead atoms. The smallest absolute Gasteiger partial charge is 0.251 e. The second kappa shape index (κ2) is 10.4. The topological polar surface area (TPSA) is 93.5 Å². The second-order valence-electron chi connectivity index (χ2n) is 7.32. The lowest BCUT2D eigenvalue weighted by atomic mass is 9.90. The first-order valence-electron chi connectivity index (χ1n) is 9.54. The van der Waals surface area contributed by atoms with Crippen LogP contribution in [-0.4, -0.2) is 30.6 Å². The summed E-state index contributed by atoms with van der Waals surface area (Å²) in [4.78, 5) is 24.9. The highest BCUT2D eigenvalue weighted by Crippen LogP contribution is 2.18. The average molecular weight is 418 g/mol. The highest BCUT2D eigenvalue weighted by atomic mass is 35.5. The lowest BCUT2D eigenvalue weighted by Crippen LogP contribution is -2.56. The van der Waals surface area contributed by atoms with Crippen molar-refractivity contribution in [3.63, 3.8) is 0 Å². The summed E-state index contributed by atoms with van der Waals surface area (Å²) in [5.41, 5.74) is 8.97. The maximum absolute atomic E-state index is 12.4. The van der Waals surface area contributed by atoms with Gasteiger partial charge < -0.3 is 21.1 Å². The number of ether oxygens (including phenoxy) is 1. The molecule has 2 amide bonds. The summed E-state index contributed by atoms with van der Waals surface area (Å²) < 4.78 is 5.28. The van der Waals surface area contributed by atoms with Crippen LogP contribution in [0.25, 0.3) is 0 Å². The number of rotatable bonds is 6. The molecule has 1 saturated heterocycles. The number of benzene rings is 2. The Balaban J connectivity index is 0.00000300. The van der Waals surface area contributed by atoms with Gasteiger partial charge in [-0.1, -0.05) is 42.0 Å². The summed E-state index contributed by atoms with van der Waals surface area (Å²) in [7, 11) is 0. The molecule has 2 aromatic rings. The number of aryl methyl sites for hydroxylation is 1. The maximum Gasteiger partial charge on any atom is 0.251 e. The largest absolute Gasteiger partial charge is 0.381 e. The lowest BCUT2D eigenvalue weighted by Gasteiger charge is -2.31. The number of carbonyl (C=O) groups is 2. The van der Waals surface area contributed by atoms with E-state index in [1.165, 1.54) is 5.56 Å². The third-order valence-electron chi connectivity index (χ3n) is 5.05. The van der Waals surface area contributed by atoms with E-state index in [4.69, 9.17) is 10.5 Å². The monoisotopic (exact) mass is 417 g/mol. The predicted molar refractivity (Wildman–Crippen MR) is 115 cm³/mol. The van der Waals surface area contributed by atoms with Gasteiger partial charge >= 0.3 is 0 Å². The first kappa shape index (κ1) is 22.9. The summed E-state index contributed by atoms with van der Waals surface area (Å²) >= 11 is 0. The molecule has 29 heavy (non-hydrogen) atoms. The Labute approximate surface area is 177 Å². The molecular formula is C22H28ClN3O3. The minimum absolute atomic E-state index is 0. The quantitative estimate of drug-likeness (QED) is 0.673. The van der Waals surface area contributed by atoms with Crippen molar-refractivity contribution < 1.29 is 14.3 Å². The van der Waals surface area contributed by atoms with Crippen molar-refractivity contribution in [3.8, 4) is 0 Å². The molecule has 156 valence electrons. The third-order valence-corrected chi connectivity index (χ3v) is 5.05. The van der Waals surface area contributed by atoms with Crippen LogP contribution in [-0.2, 0) is 22.6 Å². The molecule has 0 saturated carbocycles. The number of nitrogens with two attached hydrogens (primary N) is 1. The van der Waals surface area contributed by atoms with Crippen molar-refractivity contribution in [3.05, 3.63) is 70.8 Å². The highest BCUT2D eigenvalue weighted by molar-refractivity contribution is 5.94. The summed E-state index contributed by atoms with van der Waals surface area (Å²) in [6.07, 6.45) is 1.03. The molecule has 0 atom stereocenters. The molecule has 0 unspecified atom stereocenters. The van der Waals surface area contributed by atoms with Crippen LogP contribution in [0, 0.1) is 6.92 Å². The van der Waals surface area contributed by atoms with Crippen LogP contribution >= 0.6 is 12.4 Å². The van der Waals surface area contributed by atoms with Crippen LogP contribution in [0.2, 0.25) is 0 Å². The molecule has 4 N–H and O–H groups in total. The van der Waals surface area contributed by atoms with Crippen molar-refractivity contribution in [2.24, 2.45) is 5.73 Å². The zero-order valence-electron chi connectivity index (χ0n) is 16.6. The molecule has 1 fully saturated rings. The Bertz CT molecular complexity index is 833. The molecule has 1 aliphatic heterocycles. The number of amides is 2. The number of carbonyl (C=O) groups excluding carboxylic acids is 2. The molecule has 1 heterocycles. The second-order valence-corrected chi connectivity index (χ2v) is 7.32. The van der Waals surface area contributed by atoms with Gasteiger partial charge in [-0.3, -0.25) is 9.59 Å². The highest BCUT2D eigenvalue weighted by Gasteiger charge is 2.35. The van der Waals surface area contributed by atoms with E-state index in [9.17, 15) is 9.59 Å². The van der Waals surface area contributed by atoms with Gasteiger partial charge in [-0.15, -0.1) is 12.4 Å². The minimum Gasteiger partial charge on any atom is -0.381 e. The number of hydrogen-bond acceptors (Lipinski definition) is 4. The first-order valence-corrected chi connectivity index (χ1v) is 9.54. The fourth-order valence-corrected chi connectivity index (χ4v) is 3.13. The lowest BCUT2D eigenvalue weighted by molar-refractivity contribution is -0.129. The van der Waals surface area contributed by atoms with Crippen molar-refractivity contribution in [2.75, 3.05) is 13.2 Å². The molecule has 1 aliphatic rings. The van der Waals surface area contributed by atoms with Gasteiger partial charge in [-0.2, -0.15) is 0 Å². The molecule has 7 heteroatoms. The van der Waals surface area contributed by atoms with Gasteiger partial charge in [0.1, 0.15) is 0 Å². The van der Waals surface area contributed by atoms with E-state index in [0.29, 0.717) is 44.7 Å². The van der Waals surface area contributed by atoms with Crippen LogP contribution in [0.15, 0.2) is 48.5 Å². The van der Waals surface area contributed by atoms with Gasteiger partial charge in [0.15, 0.2) is 0 Å². The molecule has 6 nitrogen and oxygen atoms in total. The Morgan fingerprint density at radius 3 is 2.34 bits per heavy atom. The van der Waals surface area contributed by atoms with E-state index >= 15 is 0 Å². The van der Waals surface area contributed by atoms with E-state index in [0.717, 1.165) is 11.1 Å². The standard InChI is InChI=1S/C22H27N3O3.ClH/c1-16-5-7-17(8-6-16)14-24-20(26)19-4-2-3-18(13-19)15-25-21(27)22(23)9-11-28-12-10-22;/h2-8,13H,9-12,14-15,23H2,1H3,(H,24,26)(H,25,27);1H. The van der Waals surface area contributed by atoms with E-state index < -0.39 is 5.54 Å². The van der Waals surface area contributed by atoms with Gasteiger partial charge in [-0.25, -0.2) is 0 Å². The summed E-state index contributed by atoms with van der Waals surface area (Å²) in [6, 6.07) is 15.3. The van der Waals surface area contributed by atoms with E-state index in [1.54, 1.807) is 12.1 Å². The Morgan fingerprint density at radius 1 is 1.00 bits per heavy atom. The minimum atomic E-state index is -0.874. The zero-order valence-corrected chi connectivity index (χ0v) is 17.4. The fourth-order valence-electron chi connectivity index (χ4n) is 3.13. The molecule has 3 rings (SSSR count). The Hall–Kier alpha value is -2.41. The Morgan fingerprint density at radius 2 is 1.66 bits per heavy atom. The molecular weight excluding hydrogens is 390 g/mol. The van der Waals surface area contributed by atoms with Crippen molar-refractivity contribution in [2.45, 2.75) is 38.4 Å². The summed E-state index contributed by atoms with van der Waals surface area (Å²) in [5, 5.41) is 5.81. The fraction of sp³-hybridized carbons (Fsp3) is 0.364. The predicted octanol–water partition coefficient (Wildman–Crippen LogP) is 2.47. The summed E-state index contributed by atoms with van der Waals surface area (Å²) in [5.74, 6) is -0.321. The number of halogens is 1. The first-order chi connectivity index (χ1) is 13.5.